The van der Waals surface area contributed by atoms with E-state index in [4.69, 9.17) is 0 Å². The molecule has 1 fully saturated rings. The lowest BCUT2D eigenvalue weighted by atomic mass is 9.70. The van der Waals surface area contributed by atoms with Crippen molar-refractivity contribution in [2.45, 2.75) is 126 Å². The van der Waals surface area contributed by atoms with Gasteiger partial charge in [-0.1, -0.05) is 120 Å². The Kier molecular flexibility index (Phi) is 18.5. The van der Waals surface area contributed by atoms with Gasteiger partial charge in [-0.05, 0) is 30.1 Å². The van der Waals surface area contributed by atoms with Crippen LogP contribution in [0.4, 0.5) is 0 Å². The summed E-state index contributed by atoms with van der Waals surface area (Å²) < 4.78 is 0. The fourth-order valence-corrected chi connectivity index (χ4v) is 4.15. The molecule has 0 nitrogen and oxygen atoms in total. The number of rotatable bonds is 9. The number of hydrogen-bond acceptors (Lipinski definition) is 0. The first-order chi connectivity index (χ1) is 10.6. The van der Waals surface area contributed by atoms with Crippen LogP contribution in [0.2, 0.25) is 0 Å². The Hall–Kier alpha value is 0. The predicted molar refractivity (Wildman–Crippen MR) is 110 cm³/mol. The van der Waals surface area contributed by atoms with Crippen LogP contribution in [0.15, 0.2) is 0 Å². The van der Waals surface area contributed by atoms with E-state index in [0.717, 1.165) is 23.7 Å². The highest BCUT2D eigenvalue weighted by molar-refractivity contribution is 4.78. The molecule has 0 aromatic carbocycles. The molecule has 0 heteroatoms. The summed E-state index contributed by atoms with van der Waals surface area (Å²) in [6.07, 6.45) is 17.3. The van der Waals surface area contributed by atoms with Crippen LogP contribution in [-0.4, -0.2) is 0 Å². The van der Waals surface area contributed by atoms with Crippen LogP contribution in [0.3, 0.4) is 0 Å². The summed E-state index contributed by atoms with van der Waals surface area (Å²) in [5, 5.41) is 0. The summed E-state index contributed by atoms with van der Waals surface area (Å²) in [4.78, 5) is 0. The van der Waals surface area contributed by atoms with Gasteiger partial charge in [-0.2, -0.15) is 0 Å². The SMILES string of the molecule is C.CCCC(C)CC.CCCCC(CCC)C1CCCCC1C. The molecule has 1 aliphatic carbocycles. The Morgan fingerprint density at radius 2 is 1.43 bits per heavy atom. The van der Waals surface area contributed by atoms with Crippen LogP contribution in [-0.2, 0) is 0 Å². The van der Waals surface area contributed by atoms with Crippen molar-refractivity contribution in [1.82, 2.24) is 0 Å². The first-order valence-electron chi connectivity index (χ1n) is 10.6. The predicted octanol–water partition coefficient (Wildman–Crippen LogP) is 8.89. The topological polar surface area (TPSA) is 0 Å². The van der Waals surface area contributed by atoms with Crippen molar-refractivity contribution in [2.24, 2.45) is 23.7 Å². The van der Waals surface area contributed by atoms with Gasteiger partial charge in [-0.25, -0.2) is 0 Å². The van der Waals surface area contributed by atoms with Crippen molar-refractivity contribution in [3.63, 3.8) is 0 Å². The molecule has 0 aromatic heterocycles. The van der Waals surface area contributed by atoms with E-state index in [1.54, 1.807) is 0 Å². The quantitative estimate of drug-likeness (QED) is 0.397. The molecule has 0 aromatic rings. The lowest BCUT2D eigenvalue weighted by Crippen LogP contribution is -2.25. The van der Waals surface area contributed by atoms with Gasteiger partial charge in [0.25, 0.3) is 0 Å². The van der Waals surface area contributed by atoms with Crippen molar-refractivity contribution < 1.29 is 0 Å². The van der Waals surface area contributed by atoms with E-state index in [1.165, 1.54) is 77.0 Å². The molecule has 1 aliphatic rings. The van der Waals surface area contributed by atoms with E-state index in [9.17, 15) is 0 Å². The van der Waals surface area contributed by atoms with Gasteiger partial charge < -0.3 is 0 Å². The van der Waals surface area contributed by atoms with E-state index in [0.29, 0.717) is 0 Å². The first-order valence-corrected chi connectivity index (χ1v) is 10.6. The molecule has 0 aliphatic heterocycles. The smallest absolute Gasteiger partial charge is 0.0360 e. The molecule has 142 valence electrons. The molecule has 0 amide bonds. The van der Waals surface area contributed by atoms with E-state index in [-0.39, 0.29) is 7.43 Å². The largest absolute Gasteiger partial charge is 0.0776 e. The maximum Gasteiger partial charge on any atom is -0.0360 e. The zero-order valence-electron chi connectivity index (χ0n) is 16.8. The fourth-order valence-electron chi connectivity index (χ4n) is 4.15. The van der Waals surface area contributed by atoms with Crippen molar-refractivity contribution in [3.05, 3.63) is 0 Å². The highest BCUT2D eigenvalue weighted by Gasteiger charge is 2.27. The van der Waals surface area contributed by atoms with E-state index >= 15 is 0 Å². The third kappa shape index (κ3) is 12.1. The highest BCUT2D eigenvalue weighted by atomic mass is 14.3. The average Bonchev–Trinajstić information content (AvgIpc) is 2.53. The van der Waals surface area contributed by atoms with Crippen molar-refractivity contribution in [1.29, 1.82) is 0 Å². The lowest BCUT2D eigenvalue weighted by molar-refractivity contribution is 0.155. The summed E-state index contributed by atoms with van der Waals surface area (Å²) in [5.41, 5.74) is 0. The van der Waals surface area contributed by atoms with Crippen LogP contribution in [0.1, 0.15) is 126 Å². The third-order valence-electron chi connectivity index (χ3n) is 5.85. The van der Waals surface area contributed by atoms with Gasteiger partial charge in [0.15, 0.2) is 0 Å². The van der Waals surface area contributed by atoms with Crippen LogP contribution in [0.25, 0.3) is 0 Å². The molecule has 0 bridgehead atoms. The fraction of sp³-hybridized carbons (Fsp3) is 1.00. The van der Waals surface area contributed by atoms with Gasteiger partial charge in [0, 0.05) is 0 Å². The molecule has 0 heterocycles. The molecule has 4 atom stereocenters. The molecule has 0 saturated heterocycles. The van der Waals surface area contributed by atoms with Crippen molar-refractivity contribution in [3.8, 4) is 0 Å². The van der Waals surface area contributed by atoms with Crippen LogP contribution in [0.5, 0.6) is 0 Å². The van der Waals surface area contributed by atoms with E-state index < -0.39 is 0 Å². The number of unbranched alkanes of at least 4 members (excludes halogenated alkanes) is 1. The molecule has 0 spiro atoms. The van der Waals surface area contributed by atoms with Crippen molar-refractivity contribution in [2.75, 3.05) is 0 Å². The van der Waals surface area contributed by atoms with Crippen LogP contribution < -0.4 is 0 Å². The summed E-state index contributed by atoms with van der Waals surface area (Å²) in [7, 11) is 0. The summed E-state index contributed by atoms with van der Waals surface area (Å²) >= 11 is 0. The first kappa shape index (κ1) is 25.2. The van der Waals surface area contributed by atoms with Gasteiger partial charge in [0.2, 0.25) is 0 Å². The molecule has 0 N–H and O–H groups in total. The summed E-state index contributed by atoms with van der Waals surface area (Å²) in [6.45, 7) is 14.0. The standard InChI is InChI=1S/C15H30.C7H16.CH4/c1-4-6-11-14(9-5-2)15-12-8-7-10-13(15)3;1-4-6-7(3)5-2;/h13-15H,4-12H2,1-3H3;7H,4-6H2,1-3H3;1H4. The van der Waals surface area contributed by atoms with Gasteiger partial charge in [-0.3, -0.25) is 0 Å². The van der Waals surface area contributed by atoms with Gasteiger partial charge in [0.1, 0.15) is 0 Å². The normalized spacial score (nSPS) is 23.2. The molecular weight excluding hydrogens is 276 g/mol. The number of hydrogen-bond donors (Lipinski definition) is 0. The molecule has 1 saturated carbocycles. The molecular formula is C23H50. The summed E-state index contributed by atoms with van der Waals surface area (Å²) in [6, 6.07) is 0. The van der Waals surface area contributed by atoms with E-state index in [2.05, 4.69) is 41.5 Å². The zero-order chi connectivity index (χ0) is 16.8. The monoisotopic (exact) mass is 326 g/mol. The minimum atomic E-state index is 0. The Morgan fingerprint density at radius 3 is 1.87 bits per heavy atom. The minimum Gasteiger partial charge on any atom is -0.0776 e. The zero-order valence-corrected chi connectivity index (χ0v) is 16.8. The van der Waals surface area contributed by atoms with Gasteiger partial charge >= 0.3 is 0 Å². The average molecular weight is 327 g/mol. The van der Waals surface area contributed by atoms with Gasteiger partial charge in [0.05, 0.1) is 0 Å². The second-order valence-corrected chi connectivity index (χ2v) is 7.92. The van der Waals surface area contributed by atoms with Crippen LogP contribution in [0, 0.1) is 23.7 Å². The molecule has 4 unspecified atom stereocenters. The maximum atomic E-state index is 2.50. The second kappa shape index (κ2) is 16.8. The highest BCUT2D eigenvalue weighted by Crippen LogP contribution is 2.38. The molecule has 23 heavy (non-hydrogen) atoms. The minimum absolute atomic E-state index is 0. The molecule has 1 rings (SSSR count). The third-order valence-corrected chi connectivity index (χ3v) is 5.85. The molecule has 0 radical (unpaired) electrons. The van der Waals surface area contributed by atoms with Crippen molar-refractivity contribution >= 4 is 0 Å². The Morgan fingerprint density at radius 1 is 0.826 bits per heavy atom. The Labute approximate surface area is 150 Å². The second-order valence-electron chi connectivity index (χ2n) is 7.92. The Balaban J connectivity index is 0. The lowest BCUT2D eigenvalue weighted by Gasteiger charge is -2.35. The van der Waals surface area contributed by atoms with Gasteiger partial charge in [-0.15, -0.1) is 0 Å². The van der Waals surface area contributed by atoms with E-state index in [1.807, 2.05) is 0 Å². The Bertz CT molecular complexity index is 220. The maximum absolute atomic E-state index is 2.50. The summed E-state index contributed by atoms with van der Waals surface area (Å²) in [5.74, 6) is 4.06. The van der Waals surface area contributed by atoms with Crippen LogP contribution >= 0.6 is 0 Å².